The average molecular weight is 413 g/mol. The molecule has 2 aliphatic carbocycles. The minimum Gasteiger partial charge on any atom is -0.356 e. The Bertz CT molecular complexity index is 972. The Hall–Kier alpha value is -2.87. The standard InChI is InChI=1S/C22H21F2N3O3/c23-15-8-14(9-16(24)10-15)22(5-6-22)26-21(29)20-19(13-2-1-7-25-11-13)27(17-3-4-17)18(28)12-30-20/h1-2,7-11,17,19-20H,3-6,12H2,(H,26,29)/t19-,20+/m1/s1. The molecule has 5 rings (SSSR count). The molecule has 2 atom stereocenters. The van der Waals surface area contributed by atoms with Crippen LogP contribution in [0.1, 0.15) is 42.9 Å². The third kappa shape index (κ3) is 3.45. The minimum absolute atomic E-state index is 0.0918. The molecule has 1 aromatic carbocycles. The molecule has 0 bridgehead atoms. The number of benzene rings is 1. The summed E-state index contributed by atoms with van der Waals surface area (Å²) in [5, 5.41) is 2.95. The Labute approximate surface area is 172 Å². The summed E-state index contributed by atoms with van der Waals surface area (Å²) in [6.45, 7) is -0.174. The molecule has 2 saturated carbocycles. The number of aromatic nitrogens is 1. The topological polar surface area (TPSA) is 71.5 Å². The van der Waals surface area contributed by atoms with Crippen LogP contribution in [-0.2, 0) is 19.9 Å². The van der Waals surface area contributed by atoms with E-state index in [1.165, 1.54) is 12.1 Å². The fraction of sp³-hybridized carbons (Fsp3) is 0.409. The highest BCUT2D eigenvalue weighted by atomic mass is 19.1. The lowest BCUT2D eigenvalue weighted by Gasteiger charge is -2.41. The van der Waals surface area contributed by atoms with Crippen molar-refractivity contribution in [1.29, 1.82) is 0 Å². The van der Waals surface area contributed by atoms with Gasteiger partial charge in [-0.2, -0.15) is 0 Å². The number of hydrogen-bond acceptors (Lipinski definition) is 4. The van der Waals surface area contributed by atoms with Crippen molar-refractivity contribution in [2.24, 2.45) is 0 Å². The van der Waals surface area contributed by atoms with E-state index in [0.717, 1.165) is 24.5 Å². The number of carbonyl (C=O) groups is 2. The Morgan fingerprint density at radius 3 is 2.53 bits per heavy atom. The zero-order chi connectivity index (χ0) is 20.9. The molecule has 156 valence electrons. The first kappa shape index (κ1) is 19.1. The number of morpholine rings is 1. The third-order valence-corrected chi connectivity index (χ3v) is 6.01. The molecular formula is C22H21F2N3O3. The second kappa shape index (κ2) is 7.12. The van der Waals surface area contributed by atoms with Crippen LogP contribution in [0.2, 0.25) is 0 Å². The van der Waals surface area contributed by atoms with Gasteiger partial charge in [-0.25, -0.2) is 8.78 Å². The van der Waals surface area contributed by atoms with E-state index in [1.807, 2.05) is 6.07 Å². The molecule has 0 radical (unpaired) electrons. The van der Waals surface area contributed by atoms with Crippen LogP contribution in [0, 0.1) is 11.6 Å². The molecular weight excluding hydrogens is 392 g/mol. The monoisotopic (exact) mass is 413 g/mol. The summed E-state index contributed by atoms with van der Waals surface area (Å²) in [5.74, 6) is -1.91. The van der Waals surface area contributed by atoms with E-state index in [-0.39, 0.29) is 18.6 Å². The molecule has 30 heavy (non-hydrogen) atoms. The summed E-state index contributed by atoms with van der Waals surface area (Å²) in [4.78, 5) is 31.8. The predicted molar refractivity (Wildman–Crippen MR) is 102 cm³/mol. The molecule has 1 N–H and O–H groups in total. The van der Waals surface area contributed by atoms with Gasteiger partial charge in [-0.1, -0.05) is 6.07 Å². The number of hydrogen-bond donors (Lipinski definition) is 1. The molecule has 2 heterocycles. The van der Waals surface area contributed by atoms with E-state index >= 15 is 0 Å². The van der Waals surface area contributed by atoms with Crippen molar-refractivity contribution >= 4 is 11.8 Å². The van der Waals surface area contributed by atoms with Crippen molar-refractivity contribution in [3.05, 3.63) is 65.5 Å². The van der Waals surface area contributed by atoms with Crippen molar-refractivity contribution in [3.63, 3.8) is 0 Å². The van der Waals surface area contributed by atoms with Crippen molar-refractivity contribution < 1.29 is 23.1 Å². The molecule has 2 amide bonds. The van der Waals surface area contributed by atoms with Gasteiger partial charge in [-0.3, -0.25) is 14.6 Å². The quantitative estimate of drug-likeness (QED) is 0.818. The smallest absolute Gasteiger partial charge is 0.252 e. The van der Waals surface area contributed by atoms with Crippen LogP contribution < -0.4 is 5.32 Å². The van der Waals surface area contributed by atoms with Crippen LogP contribution in [-0.4, -0.2) is 40.5 Å². The number of amides is 2. The minimum atomic E-state index is -0.927. The number of halogens is 2. The number of rotatable bonds is 5. The molecule has 2 aromatic rings. The zero-order valence-corrected chi connectivity index (χ0v) is 16.2. The molecule has 3 fully saturated rings. The van der Waals surface area contributed by atoms with Crippen LogP contribution in [0.15, 0.2) is 42.7 Å². The van der Waals surface area contributed by atoms with Gasteiger partial charge >= 0.3 is 0 Å². The summed E-state index contributed by atoms with van der Waals surface area (Å²) < 4.78 is 33.2. The van der Waals surface area contributed by atoms with Crippen molar-refractivity contribution in [1.82, 2.24) is 15.2 Å². The molecule has 0 spiro atoms. The maximum absolute atomic E-state index is 13.7. The van der Waals surface area contributed by atoms with Gasteiger partial charge in [0.05, 0.1) is 11.6 Å². The largest absolute Gasteiger partial charge is 0.356 e. The molecule has 1 saturated heterocycles. The molecule has 8 heteroatoms. The lowest BCUT2D eigenvalue weighted by Crippen LogP contribution is -2.56. The first-order valence-electron chi connectivity index (χ1n) is 10.1. The first-order valence-corrected chi connectivity index (χ1v) is 10.1. The second-order valence-electron chi connectivity index (χ2n) is 8.22. The first-order chi connectivity index (χ1) is 14.5. The number of ether oxygens (including phenoxy) is 1. The predicted octanol–water partition coefficient (Wildman–Crippen LogP) is 2.60. The Morgan fingerprint density at radius 2 is 1.93 bits per heavy atom. The van der Waals surface area contributed by atoms with Crippen LogP contribution in [0.3, 0.4) is 0 Å². The Balaban J connectivity index is 1.44. The lowest BCUT2D eigenvalue weighted by molar-refractivity contribution is -0.165. The van der Waals surface area contributed by atoms with Gasteiger partial charge in [0.1, 0.15) is 18.2 Å². The Kier molecular flexibility index (Phi) is 4.54. The molecule has 3 aliphatic rings. The third-order valence-electron chi connectivity index (χ3n) is 6.01. The van der Waals surface area contributed by atoms with Gasteiger partial charge in [0.2, 0.25) is 5.91 Å². The van der Waals surface area contributed by atoms with Crippen LogP contribution in [0.5, 0.6) is 0 Å². The van der Waals surface area contributed by atoms with Crippen LogP contribution in [0.25, 0.3) is 0 Å². The normalized spacial score (nSPS) is 25.1. The van der Waals surface area contributed by atoms with Gasteiger partial charge in [0.25, 0.3) is 5.91 Å². The van der Waals surface area contributed by atoms with Crippen molar-refractivity contribution in [2.75, 3.05) is 6.61 Å². The van der Waals surface area contributed by atoms with E-state index < -0.39 is 35.2 Å². The number of nitrogens with zero attached hydrogens (tertiary/aromatic N) is 2. The van der Waals surface area contributed by atoms with Crippen molar-refractivity contribution in [2.45, 2.75) is 49.4 Å². The van der Waals surface area contributed by atoms with Crippen LogP contribution >= 0.6 is 0 Å². The van der Waals surface area contributed by atoms with Crippen LogP contribution in [0.4, 0.5) is 8.78 Å². The molecule has 1 aliphatic heterocycles. The summed E-state index contributed by atoms with van der Waals surface area (Å²) in [5.41, 5.74) is 0.311. The average Bonchev–Trinajstić information content (AvgIpc) is 3.63. The van der Waals surface area contributed by atoms with E-state index in [4.69, 9.17) is 4.74 Å². The fourth-order valence-electron chi connectivity index (χ4n) is 4.26. The summed E-state index contributed by atoms with van der Waals surface area (Å²) >= 11 is 0. The van der Waals surface area contributed by atoms with Gasteiger partial charge < -0.3 is 15.0 Å². The zero-order valence-electron chi connectivity index (χ0n) is 16.2. The fourth-order valence-corrected chi connectivity index (χ4v) is 4.26. The summed E-state index contributed by atoms with van der Waals surface area (Å²) in [6, 6.07) is 6.38. The molecule has 1 aromatic heterocycles. The molecule has 6 nitrogen and oxygen atoms in total. The lowest BCUT2D eigenvalue weighted by atomic mass is 9.97. The molecule has 0 unspecified atom stereocenters. The highest BCUT2D eigenvalue weighted by molar-refractivity contribution is 5.87. The van der Waals surface area contributed by atoms with Gasteiger partial charge in [0.15, 0.2) is 6.10 Å². The second-order valence-corrected chi connectivity index (χ2v) is 8.22. The number of carbonyl (C=O) groups excluding carboxylic acids is 2. The van der Waals surface area contributed by atoms with E-state index in [2.05, 4.69) is 10.3 Å². The Morgan fingerprint density at radius 1 is 1.20 bits per heavy atom. The highest BCUT2D eigenvalue weighted by Crippen LogP contribution is 2.47. The maximum Gasteiger partial charge on any atom is 0.252 e. The number of pyridine rings is 1. The van der Waals surface area contributed by atoms with E-state index in [9.17, 15) is 18.4 Å². The summed E-state index contributed by atoms with van der Waals surface area (Å²) in [6.07, 6.45) is 5.28. The maximum atomic E-state index is 13.7. The van der Waals surface area contributed by atoms with Gasteiger partial charge in [-0.15, -0.1) is 0 Å². The summed E-state index contributed by atoms with van der Waals surface area (Å²) in [7, 11) is 0. The SMILES string of the molecule is O=C(NC1(c2cc(F)cc(F)c2)CC1)[C@H]1OCC(=O)N(C2CC2)[C@@H]1c1cccnc1. The van der Waals surface area contributed by atoms with Crippen molar-refractivity contribution in [3.8, 4) is 0 Å². The number of nitrogens with one attached hydrogen (secondary N) is 1. The van der Waals surface area contributed by atoms with E-state index in [1.54, 1.807) is 23.4 Å². The highest BCUT2D eigenvalue weighted by Gasteiger charge is 2.51. The van der Waals surface area contributed by atoms with Gasteiger partial charge in [0, 0.05) is 24.5 Å². The van der Waals surface area contributed by atoms with Gasteiger partial charge in [-0.05, 0) is 55.0 Å². The van der Waals surface area contributed by atoms with E-state index in [0.29, 0.717) is 18.4 Å².